The molecule has 0 saturated carbocycles. The number of aromatic nitrogens is 3. The number of aryl methyl sites for hydroxylation is 1. The number of pyridine rings is 1. The van der Waals surface area contributed by atoms with E-state index in [4.69, 9.17) is 11.7 Å². The molecule has 0 saturated heterocycles. The zero-order valence-corrected chi connectivity index (χ0v) is 15.1. The maximum atomic E-state index is 10.1. The van der Waals surface area contributed by atoms with Crippen molar-refractivity contribution < 1.29 is 30.0 Å². The van der Waals surface area contributed by atoms with Crippen LogP contribution < -0.4 is 0 Å². The molecule has 24 heavy (non-hydrogen) atoms. The summed E-state index contributed by atoms with van der Waals surface area (Å²) in [5.41, 5.74) is 2.40. The molecule has 2 heterocycles. The van der Waals surface area contributed by atoms with Crippen molar-refractivity contribution in [3.63, 3.8) is 0 Å². The molecular formula is C17H13IrN4O2-. The van der Waals surface area contributed by atoms with Crippen molar-refractivity contribution in [1.29, 1.82) is 0 Å². The van der Waals surface area contributed by atoms with Gasteiger partial charge < -0.3 is 5.11 Å². The topological polar surface area (TPSA) is 72.4 Å². The van der Waals surface area contributed by atoms with Crippen molar-refractivity contribution in [2.75, 3.05) is 0 Å². The normalized spacial score (nSPS) is 9.00. The SMILES string of the molecule is O=C(O)c1ccccn1.[C-]#[N+]c1cc[c-]c(-c2ccn(C)n2)c1.[Ir]. The van der Waals surface area contributed by atoms with E-state index in [0.717, 1.165) is 11.3 Å². The van der Waals surface area contributed by atoms with Crippen molar-refractivity contribution in [2.24, 2.45) is 7.05 Å². The van der Waals surface area contributed by atoms with Crippen LogP contribution >= 0.6 is 0 Å². The minimum Gasteiger partial charge on any atom is -0.477 e. The monoisotopic (exact) mass is 498 g/mol. The molecule has 7 heteroatoms. The molecule has 0 aliphatic carbocycles. The zero-order chi connectivity index (χ0) is 16.7. The van der Waals surface area contributed by atoms with Gasteiger partial charge in [-0.15, -0.1) is 23.8 Å². The summed E-state index contributed by atoms with van der Waals surface area (Å²) < 4.78 is 1.73. The van der Waals surface area contributed by atoms with Gasteiger partial charge in [0.25, 0.3) is 0 Å². The second kappa shape index (κ2) is 9.36. The van der Waals surface area contributed by atoms with Crippen LogP contribution in [0.3, 0.4) is 0 Å². The molecule has 6 nitrogen and oxygen atoms in total. The van der Waals surface area contributed by atoms with Gasteiger partial charge in [0.2, 0.25) is 0 Å². The molecule has 3 rings (SSSR count). The van der Waals surface area contributed by atoms with E-state index in [0.29, 0.717) is 5.69 Å². The summed E-state index contributed by atoms with van der Waals surface area (Å²) in [6.45, 7) is 6.89. The Labute approximate surface area is 153 Å². The van der Waals surface area contributed by atoms with Gasteiger partial charge in [-0.3, -0.25) is 9.53 Å². The molecule has 0 aliphatic heterocycles. The third-order valence-corrected chi connectivity index (χ3v) is 2.79. The Bertz CT molecular complexity index is 841. The van der Waals surface area contributed by atoms with E-state index in [9.17, 15) is 4.79 Å². The molecule has 3 aromatic rings. The van der Waals surface area contributed by atoms with Crippen molar-refractivity contribution in [3.8, 4) is 11.3 Å². The largest absolute Gasteiger partial charge is 0.477 e. The summed E-state index contributed by atoms with van der Waals surface area (Å²) in [6.07, 6.45) is 3.32. The fourth-order valence-corrected chi connectivity index (χ4v) is 1.72. The van der Waals surface area contributed by atoms with Crippen LogP contribution in [-0.2, 0) is 27.2 Å². The first-order valence-corrected chi connectivity index (χ1v) is 6.63. The maximum Gasteiger partial charge on any atom is 0.354 e. The summed E-state index contributed by atoms with van der Waals surface area (Å²) in [7, 11) is 1.86. The number of nitrogens with zero attached hydrogens (tertiary/aromatic N) is 4. The van der Waals surface area contributed by atoms with Crippen LogP contribution in [0, 0.1) is 12.6 Å². The van der Waals surface area contributed by atoms with E-state index in [1.807, 2.05) is 19.3 Å². The van der Waals surface area contributed by atoms with E-state index in [1.54, 1.807) is 35.0 Å². The van der Waals surface area contributed by atoms with Crippen LogP contribution in [0.5, 0.6) is 0 Å². The molecule has 0 fully saturated rings. The molecule has 1 N–H and O–H groups in total. The first-order valence-electron chi connectivity index (χ1n) is 6.63. The standard InChI is InChI=1S/C11H8N3.C6H5NO2.Ir/c1-12-10-5-3-4-9(8-10)11-6-7-14(2)13-11;8-6(9)5-3-1-2-4-7-5;/h3,5-8H,2H3;1-4H,(H,8,9);/q-1;;. The average Bonchev–Trinajstić information content (AvgIpc) is 3.03. The maximum absolute atomic E-state index is 10.1. The van der Waals surface area contributed by atoms with Crippen LogP contribution in [0.2, 0.25) is 0 Å². The Hall–Kier alpha value is -2.81. The fraction of sp³-hybridized carbons (Fsp3) is 0.0588. The third-order valence-electron chi connectivity index (χ3n) is 2.79. The van der Waals surface area contributed by atoms with Gasteiger partial charge >= 0.3 is 5.97 Å². The van der Waals surface area contributed by atoms with Crippen molar-refractivity contribution in [1.82, 2.24) is 14.8 Å². The van der Waals surface area contributed by atoms with E-state index >= 15 is 0 Å². The Morgan fingerprint density at radius 2 is 2.12 bits per heavy atom. The molecule has 1 aromatic carbocycles. The minimum atomic E-state index is -0.990. The number of carboxylic acids is 1. The summed E-state index contributed by atoms with van der Waals surface area (Å²) in [5, 5.41) is 12.6. The molecule has 123 valence electrons. The molecule has 0 aliphatic rings. The fourth-order valence-electron chi connectivity index (χ4n) is 1.72. The Balaban J connectivity index is 0.000000252. The van der Waals surface area contributed by atoms with Crippen LogP contribution in [0.25, 0.3) is 16.1 Å². The number of carbonyl (C=O) groups is 1. The summed E-state index contributed by atoms with van der Waals surface area (Å²) in [6, 6.07) is 15.0. The third kappa shape index (κ3) is 5.43. The molecule has 0 amide bonds. The number of hydrogen-bond acceptors (Lipinski definition) is 3. The average molecular weight is 498 g/mol. The van der Waals surface area contributed by atoms with Gasteiger partial charge in [0.15, 0.2) is 0 Å². The second-order valence-electron chi connectivity index (χ2n) is 4.47. The quantitative estimate of drug-likeness (QED) is 0.552. The number of benzene rings is 1. The number of hydrogen-bond donors (Lipinski definition) is 1. The van der Waals surface area contributed by atoms with E-state index in [-0.39, 0.29) is 25.8 Å². The minimum absolute atomic E-state index is 0. The predicted molar refractivity (Wildman–Crippen MR) is 84.9 cm³/mol. The Kier molecular flexibility index (Phi) is 7.50. The molecular weight excluding hydrogens is 484 g/mol. The van der Waals surface area contributed by atoms with Gasteiger partial charge in [-0.1, -0.05) is 12.1 Å². The van der Waals surface area contributed by atoms with Crippen LogP contribution in [-0.4, -0.2) is 25.8 Å². The molecule has 2 aromatic heterocycles. The van der Waals surface area contributed by atoms with Crippen molar-refractivity contribution in [2.45, 2.75) is 0 Å². The first kappa shape index (κ1) is 19.2. The Morgan fingerprint density at radius 1 is 1.33 bits per heavy atom. The predicted octanol–water partition coefficient (Wildman–Crippen LogP) is 3.22. The second-order valence-corrected chi connectivity index (χ2v) is 4.47. The van der Waals surface area contributed by atoms with E-state index < -0.39 is 5.97 Å². The molecule has 0 atom stereocenters. The van der Waals surface area contributed by atoms with E-state index in [2.05, 4.69) is 21.0 Å². The molecule has 0 spiro atoms. The summed E-state index contributed by atoms with van der Waals surface area (Å²) in [5.74, 6) is -0.990. The number of aromatic carboxylic acids is 1. The Morgan fingerprint density at radius 3 is 2.62 bits per heavy atom. The molecule has 1 radical (unpaired) electrons. The molecule has 0 bridgehead atoms. The number of rotatable bonds is 2. The number of carboxylic acid groups (broad SMARTS) is 1. The van der Waals surface area contributed by atoms with Crippen molar-refractivity contribution in [3.05, 3.63) is 78.0 Å². The van der Waals surface area contributed by atoms with Crippen LogP contribution in [0.1, 0.15) is 10.5 Å². The van der Waals surface area contributed by atoms with Gasteiger partial charge in [0.1, 0.15) is 11.4 Å². The molecule has 0 unspecified atom stereocenters. The van der Waals surface area contributed by atoms with Gasteiger partial charge in [-0.05, 0) is 12.1 Å². The van der Waals surface area contributed by atoms with Gasteiger partial charge in [0.05, 0.1) is 6.57 Å². The first-order chi connectivity index (χ1) is 11.1. The summed E-state index contributed by atoms with van der Waals surface area (Å²) in [4.78, 5) is 17.1. The smallest absolute Gasteiger partial charge is 0.354 e. The van der Waals surface area contributed by atoms with E-state index in [1.165, 1.54) is 12.3 Å². The van der Waals surface area contributed by atoms with Gasteiger partial charge in [-0.2, -0.15) is 6.07 Å². The van der Waals surface area contributed by atoms with Crippen LogP contribution in [0.15, 0.2) is 54.9 Å². The summed E-state index contributed by atoms with van der Waals surface area (Å²) >= 11 is 0. The van der Waals surface area contributed by atoms with Crippen LogP contribution in [0.4, 0.5) is 5.69 Å². The van der Waals surface area contributed by atoms with Crippen molar-refractivity contribution >= 4 is 11.7 Å². The zero-order valence-electron chi connectivity index (χ0n) is 12.7. The van der Waals surface area contributed by atoms with Gasteiger partial charge in [0, 0.05) is 45.2 Å². The van der Waals surface area contributed by atoms with Gasteiger partial charge in [-0.25, -0.2) is 14.9 Å².